The number of Topliss-reactive ketones (excluding diaryl/α,β-unsaturated/α-hetero) is 3. The topological polar surface area (TPSA) is 504 Å². The van der Waals surface area contributed by atoms with Crippen molar-refractivity contribution >= 4 is 92.7 Å². The van der Waals surface area contributed by atoms with Crippen molar-refractivity contribution in [1.82, 2.24) is 36.4 Å². The number of carboxylic acids is 4. The number of hydrogen-bond donors (Lipinski definition) is 11. The van der Waals surface area contributed by atoms with E-state index in [1.54, 1.807) is 30.3 Å². The van der Waals surface area contributed by atoms with Gasteiger partial charge < -0.3 is 76.2 Å². The number of aliphatic carboxylic acids is 4. The van der Waals surface area contributed by atoms with E-state index >= 15 is 0 Å². The zero-order valence-corrected chi connectivity index (χ0v) is 67.0. The van der Waals surface area contributed by atoms with Gasteiger partial charge in [0.15, 0.2) is 11.6 Å². The molecule has 34 heteroatoms. The number of ketones is 3. The third kappa shape index (κ3) is 47.6. The maximum atomic E-state index is 14.4. The van der Waals surface area contributed by atoms with Gasteiger partial charge >= 0.3 is 23.9 Å². The number of nitrogens with one attached hydrogen (secondary N) is 5. The molecular formula is C79H124N8O25S. The SMILES string of the molecule is CCCC[C@H](NC(=O)[C@H](Cc1ccc(CS(=O)(=O)O)cc1)NC(=O)C[C@@H](NC(=O)COCCOCCCC(=O)COCCOCCNC(=O)CC[C@H](CC(=O)CCCCCCCCCCCCCCCCC(=O)O)C(=O)O)C(=O)O)C(=O)CN[C@@H](CCCC)C(=O)N(C)[C@H](CC(=O)O)C(=O)N(C)[C@@H](Cc1ccccc1)C(N)=O. The Morgan fingerprint density at radius 1 is 0.451 bits per heavy atom. The van der Waals surface area contributed by atoms with Crippen LogP contribution in [0.15, 0.2) is 54.6 Å². The van der Waals surface area contributed by atoms with Gasteiger partial charge in [-0.2, -0.15) is 8.42 Å². The molecule has 0 fully saturated rings. The smallest absolute Gasteiger partial charge is 0.326 e. The molecule has 0 heterocycles. The van der Waals surface area contributed by atoms with Crippen molar-refractivity contribution in [2.75, 3.05) is 80.0 Å². The number of rotatable bonds is 70. The zero-order valence-electron chi connectivity index (χ0n) is 66.2. The molecule has 33 nitrogen and oxygen atoms in total. The van der Waals surface area contributed by atoms with Crippen LogP contribution in [-0.4, -0.2) is 242 Å². The van der Waals surface area contributed by atoms with Gasteiger partial charge in [-0.25, -0.2) is 4.79 Å². The first kappa shape index (κ1) is 100. The van der Waals surface area contributed by atoms with Crippen LogP contribution in [0.2, 0.25) is 0 Å². The summed E-state index contributed by atoms with van der Waals surface area (Å²) in [4.78, 5) is 183. The molecule has 636 valence electrons. The second-order valence-electron chi connectivity index (χ2n) is 28.4. The van der Waals surface area contributed by atoms with Gasteiger partial charge in [0.25, 0.3) is 10.1 Å². The summed E-state index contributed by atoms with van der Waals surface area (Å²) < 4.78 is 54.3. The molecule has 2 aromatic rings. The lowest BCUT2D eigenvalue weighted by Crippen LogP contribution is -2.58. The monoisotopic (exact) mass is 1620 g/mol. The van der Waals surface area contributed by atoms with E-state index in [2.05, 4.69) is 26.6 Å². The summed E-state index contributed by atoms with van der Waals surface area (Å²) >= 11 is 0. The van der Waals surface area contributed by atoms with E-state index < -0.39 is 149 Å². The lowest BCUT2D eigenvalue weighted by molar-refractivity contribution is -0.152. The zero-order chi connectivity index (χ0) is 83.9. The summed E-state index contributed by atoms with van der Waals surface area (Å²) in [6.07, 6.45) is 15.7. The number of likely N-dealkylation sites (N-methyl/N-ethyl adjacent to an activating group) is 2. The fraction of sp³-hybridized carbons (Fsp3) is 0.671. The molecule has 0 spiro atoms. The van der Waals surface area contributed by atoms with Crippen LogP contribution in [0.4, 0.5) is 0 Å². The van der Waals surface area contributed by atoms with Gasteiger partial charge in [-0.1, -0.05) is 171 Å². The Bertz CT molecular complexity index is 3370. The van der Waals surface area contributed by atoms with Crippen LogP contribution in [-0.2, 0) is 115 Å². The molecule has 113 heavy (non-hydrogen) atoms. The number of carbonyl (C=O) groups is 14. The fourth-order valence-corrected chi connectivity index (χ4v) is 12.9. The number of hydrogen-bond acceptors (Lipinski definition) is 21. The highest BCUT2D eigenvalue weighted by atomic mass is 32.2. The van der Waals surface area contributed by atoms with E-state index in [9.17, 15) is 95.4 Å². The number of carbonyl (C=O) groups excluding carboxylic acids is 10. The number of unbranched alkanes of at least 4 members (excludes halogenated alkanes) is 15. The molecule has 0 aliphatic rings. The highest BCUT2D eigenvalue weighted by molar-refractivity contribution is 7.85. The third-order valence-electron chi connectivity index (χ3n) is 18.8. The molecule has 0 aliphatic heterocycles. The number of benzene rings is 2. The molecule has 0 unspecified atom stereocenters. The van der Waals surface area contributed by atoms with Crippen molar-refractivity contribution < 1.29 is 119 Å². The van der Waals surface area contributed by atoms with Gasteiger partial charge in [-0.05, 0) is 55.2 Å². The van der Waals surface area contributed by atoms with Crippen LogP contribution in [0.25, 0.3) is 0 Å². The minimum absolute atomic E-state index is 0.00418. The van der Waals surface area contributed by atoms with E-state index in [-0.39, 0.29) is 134 Å². The second-order valence-corrected chi connectivity index (χ2v) is 29.8. The van der Waals surface area contributed by atoms with Gasteiger partial charge in [0, 0.05) is 72.2 Å². The average molecular weight is 1620 g/mol. The molecule has 0 aromatic heterocycles. The van der Waals surface area contributed by atoms with E-state index in [4.69, 9.17) is 29.8 Å². The van der Waals surface area contributed by atoms with Gasteiger partial charge in [0.05, 0.1) is 70.4 Å². The Hall–Kier alpha value is -8.67. The van der Waals surface area contributed by atoms with Crippen LogP contribution < -0.4 is 32.3 Å². The molecular weight excluding hydrogens is 1490 g/mol. The number of carboxylic acid groups (broad SMARTS) is 4. The maximum Gasteiger partial charge on any atom is 0.326 e. The molecule has 7 amide bonds. The third-order valence-corrected chi connectivity index (χ3v) is 19.5. The maximum absolute atomic E-state index is 14.4. The van der Waals surface area contributed by atoms with Crippen LogP contribution in [0, 0.1) is 5.92 Å². The number of ether oxygens (including phenoxy) is 4. The first-order chi connectivity index (χ1) is 53.8. The summed E-state index contributed by atoms with van der Waals surface area (Å²) in [7, 11) is -1.93. The highest BCUT2D eigenvalue weighted by Crippen LogP contribution is 2.20. The van der Waals surface area contributed by atoms with Crippen LogP contribution in [0.3, 0.4) is 0 Å². The minimum Gasteiger partial charge on any atom is -0.481 e. The molecule has 12 N–H and O–H groups in total. The molecule has 0 saturated heterocycles. The summed E-state index contributed by atoms with van der Waals surface area (Å²) in [6.45, 7) is 2.80. The molecule has 7 atom stereocenters. The Labute approximate surface area is 663 Å². The van der Waals surface area contributed by atoms with E-state index in [0.29, 0.717) is 56.1 Å². The number of nitrogens with two attached hydrogens (primary N) is 1. The Morgan fingerprint density at radius 3 is 1.51 bits per heavy atom. The lowest BCUT2D eigenvalue weighted by atomic mass is 9.94. The predicted octanol–water partition coefficient (Wildman–Crippen LogP) is 5.61. The Balaban J connectivity index is 1.84. The first-order valence-electron chi connectivity index (χ1n) is 39.4. The van der Waals surface area contributed by atoms with Crippen LogP contribution in [0.5, 0.6) is 0 Å². The quantitative estimate of drug-likeness (QED) is 0.0283. The van der Waals surface area contributed by atoms with Crippen molar-refractivity contribution in [3.8, 4) is 0 Å². The van der Waals surface area contributed by atoms with Crippen molar-refractivity contribution in [2.24, 2.45) is 11.7 Å². The van der Waals surface area contributed by atoms with Gasteiger partial charge in [0.2, 0.25) is 41.4 Å². The van der Waals surface area contributed by atoms with E-state index in [1.165, 1.54) is 70.5 Å². The van der Waals surface area contributed by atoms with Crippen LogP contribution in [0.1, 0.15) is 217 Å². The normalized spacial score (nSPS) is 13.2. The van der Waals surface area contributed by atoms with Gasteiger partial charge in [-0.15, -0.1) is 0 Å². The second kappa shape index (κ2) is 59.1. The molecule has 2 rings (SSSR count). The first-order valence-corrected chi connectivity index (χ1v) is 41.0. The van der Waals surface area contributed by atoms with Crippen molar-refractivity contribution in [2.45, 2.75) is 255 Å². The number of amides is 7. The largest absolute Gasteiger partial charge is 0.481 e. The minimum atomic E-state index is -4.44. The van der Waals surface area contributed by atoms with Crippen molar-refractivity contribution in [1.29, 1.82) is 0 Å². The number of nitrogens with zero attached hydrogens (tertiary/aromatic N) is 2. The molecule has 0 aliphatic carbocycles. The van der Waals surface area contributed by atoms with E-state index in [0.717, 1.165) is 61.2 Å². The highest BCUT2D eigenvalue weighted by Gasteiger charge is 2.38. The Kier molecular flexibility index (Phi) is 52.5. The van der Waals surface area contributed by atoms with Crippen LogP contribution >= 0.6 is 0 Å². The van der Waals surface area contributed by atoms with Gasteiger partial charge in [-0.3, -0.25) is 72.2 Å². The van der Waals surface area contributed by atoms with Crippen molar-refractivity contribution in [3.05, 3.63) is 71.3 Å². The van der Waals surface area contributed by atoms with E-state index in [1.807, 2.05) is 13.8 Å². The number of primary amides is 1. The molecule has 2 aromatic carbocycles. The average Bonchev–Trinajstić information content (AvgIpc) is 0.821. The Morgan fingerprint density at radius 2 is 0.965 bits per heavy atom. The standard InChI is InChI=1S/C79H124N8O25S/c1-5-7-31-62(68(90)52-82-63(32-8-6-2)76(100)87(4)67(51-73(96)97)77(101)86(3)66(74(80)98)48-56-27-22-21-23-28-56)85-75(99)64(47-57-34-36-58(37-35-57)55-113(106,107)108)83-70(92)50-65(79(104)105)84-71(93)54-112-46-43-109-41-26-30-61(89)53-111-45-44-110-42-40-81-69(91)39-38-59(78(102)103)49-60(88)29-24-19-17-15-13-11-9-10-12-14-16-18-20-25-33-72(94)95/h21-23,27-28,34-37,59,62-67,82H,5-20,24-26,29-33,38-55H2,1-4H3,(H2,80,98)(H,81,91)(H,83,92)(H,84,93)(H,85,99)(H,94,95)(H,96,97)(H,102,103)(H,104,105)(H,106,107,108)/t59-,62+,63+,64+,65-,66+,67-/m1/s1. The summed E-state index contributed by atoms with van der Waals surface area (Å²) in [5.41, 5.74) is 6.90. The summed E-state index contributed by atoms with van der Waals surface area (Å²) in [6, 6.07) is 5.53. The predicted molar refractivity (Wildman–Crippen MR) is 416 cm³/mol. The summed E-state index contributed by atoms with van der Waals surface area (Å²) in [5, 5.41) is 51.4. The molecule has 0 saturated carbocycles. The van der Waals surface area contributed by atoms with Gasteiger partial charge in [0.1, 0.15) is 48.9 Å². The van der Waals surface area contributed by atoms with Crippen molar-refractivity contribution in [3.63, 3.8) is 0 Å². The summed E-state index contributed by atoms with van der Waals surface area (Å²) in [5.74, 6) is -13.3. The molecule has 0 bridgehead atoms. The molecule has 0 radical (unpaired) electrons. The lowest BCUT2D eigenvalue weighted by Gasteiger charge is -2.35. The fourth-order valence-electron chi connectivity index (χ4n) is 12.3.